The maximum absolute atomic E-state index is 16.1. The van der Waals surface area contributed by atoms with Crippen LogP contribution in [-0.4, -0.2) is 116 Å². The van der Waals surface area contributed by atoms with Crippen LogP contribution in [0.1, 0.15) is 103 Å². The van der Waals surface area contributed by atoms with Gasteiger partial charge in [-0.3, -0.25) is 48.6 Å². The van der Waals surface area contributed by atoms with Crippen molar-refractivity contribution in [2.75, 3.05) is 50.5 Å². The molecule has 5 aliphatic rings. The van der Waals surface area contributed by atoms with Crippen molar-refractivity contribution in [2.45, 2.75) is 65.0 Å². The molecule has 306 valence electrons. The van der Waals surface area contributed by atoms with Crippen LogP contribution in [0.25, 0.3) is 5.00 Å². The second-order valence-corrected chi connectivity index (χ2v) is 16.8. The van der Waals surface area contributed by atoms with E-state index in [0.29, 0.717) is 44.3 Å². The number of piperazine rings is 1. The summed E-state index contributed by atoms with van der Waals surface area (Å²) in [6.07, 6.45) is -0.0385. The van der Waals surface area contributed by atoms with Gasteiger partial charge in [0.1, 0.15) is 28.7 Å². The van der Waals surface area contributed by atoms with Crippen LogP contribution in [0.5, 0.6) is 0 Å². The Morgan fingerprint density at radius 1 is 0.966 bits per heavy atom. The molecule has 0 aliphatic carbocycles. The predicted octanol–water partition coefficient (Wildman–Crippen LogP) is 4.79. The van der Waals surface area contributed by atoms with Crippen molar-refractivity contribution in [3.8, 4) is 5.00 Å². The zero-order valence-electron chi connectivity index (χ0n) is 40.1. The van der Waals surface area contributed by atoms with Crippen molar-refractivity contribution in [3.63, 3.8) is 0 Å². The molecule has 5 aliphatic heterocycles. The molecule has 2 atom stereocenters. The highest BCUT2D eigenvalue weighted by atomic mass is 35.5. The van der Waals surface area contributed by atoms with Gasteiger partial charge in [0.25, 0.3) is 11.8 Å². The number of hydrogen-bond acceptors (Lipinski definition) is 11. The first-order chi connectivity index (χ1) is 31.4. The highest BCUT2D eigenvalue weighted by Gasteiger charge is 2.45. The molecule has 5 amide bonds. The number of thiophene rings is 1. The van der Waals surface area contributed by atoms with Gasteiger partial charge < -0.3 is 9.80 Å². The number of imide groups is 2. The molecule has 0 bridgehead atoms. The largest absolute Gasteiger partial charge is 0.367 e. The summed E-state index contributed by atoms with van der Waals surface area (Å²) >= 11 is 7.83. The highest BCUT2D eigenvalue weighted by molar-refractivity contribution is 7.15. The van der Waals surface area contributed by atoms with Gasteiger partial charge in [0.15, 0.2) is 5.82 Å². The number of piperidine rings is 2. The first-order valence-electron chi connectivity index (χ1n) is 23.2. The number of likely N-dealkylation sites (tertiary alicyclic amines) is 1. The van der Waals surface area contributed by atoms with Gasteiger partial charge in [0.05, 0.1) is 34.4 Å². The van der Waals surface area contributed by atoms with Crippen LogP contribution in [-0.2, 0) is 14.4 Å². The number of amides is 5. The number of carbonyl (C=O) groups excluding carboxylic acids is 5. The average Bonchev–Trinajstić information content (AvgIpc) is 3.83. The molecule has 3 fully saturated rings. The van der Waals surface area contributed by atoms with Crippen LogP contribution in [0.4, 0.5) is 10.1 Å². The normalized spacial score (nSPS) is 26.7. The number of halogens is 2. The van der Waals surface area contributed by atoms with Gasteiger partial charge in [-0.2, -0.15) is 0 Å². The van der Waals surface area contributed by atoms with Crippen LogP contribution >= 0.6 is 22.9 Å². The maximum Gasteiger partial charge on any atom is 0.262 e. The Morgan fingerprint density at radius 3 is 2.36 bits per heavy atom. The molecule has 14 nitrogen and oxygen atoms in total. The first kappa shape index (κ1) is 30.7. The number of hydrogen-bond donors (Lipinski definition) is 1. The minimum Gasteiger partial charge on any atom is -0.367 e. The van der Waals surface area contributed by atoms with Gasteiger partial charge in [-0.1, -0.05) is 23.7 Å². The van der Waals surface area contributed by atoms with Crippen LogP contribution in [0.2, 0.25) is 5.02 Å². The Bertz CT molecular complexity index is 2810. The number of nitrogens with zero attached hydrogens (tertiary/aromatic N) is 8. The van der Waals surface area contributed by atoms with E-state index in [1.54, 1.807) is 28.4 Å². The Morgan fingerprint density at radius 2 is 1.66 bits per heavy atom. The lowest BCUT2D eigenvalue weighted by molar-refractivity contribution is -0.136. The van der Waals surface area contributed by atoms with Crippen LogP contribution in [0.3, 0.4) is 0 Å². The number of nitrogens with one attached hydrogen (secondary N) is 1. The number of rotatable bonds is 7. The third-order valence-corrected chi connectivity index (χ3v) is 12.9. The van der Waals surface area contributed by atoms with Gasteiger partial charge in [-0.15, -0.1) is 21.5 Å². The van der Waals surface area contributed by atoms with E-state index >= 15 is 4.39 Å². The molecular weight excluding hydrogens is 797 g/mol. The number of aliphatic imine (C=N–C) groups is 1. The molecule has 0 spiro atoms. The van der Waals surface area contributed by atoms with Crippen molar-refractivity contribution in [1.29, 1.82) is 0 Å². The molecule has 3 saturated heterocycles. The number of aryl methyl sites for hydroxylation is 2. The highest BCUT2D eigenvalue weighted by Crippen LogP contribution is 2.40. The van der Waals surface area contributed by atoms with E-state index in [9.17, 15) is 24.0 Å². The van der Waals surface area contributed by atoms with E-state index < -0.39 is 96.8 Å². The van der Waals surface area contributed by atoms with Crippen LogP contribution in [0.15, 0.2) is 41.4 Å². The topological polar surface area (TPSA) is 153 Å². The van der Waals surface area contributed by atoms with Gasteiger partial charge in [0.2, 0.25) is 17.7 Å². The maximum atomic E-state index is 16.1. The van der Waals surface area contributed by atoms with E-state index in [1.165, 1.54) is 0 Å². The average molecular weight is 848 g/mol. The summed E-state index contributed by atoms with van der Waals surface area (Å²) in [7, 11) is 0. The fraction of sp³-hybridized carbons (Fsp3) is 0.429. The molecule has 2 aromatic carbocycles. The number of anilines is 1. The summed E-state index contributed by atoms with van der Waals surface area (Å²) in [5.41, 5.74) is 1.30. The van der Waals surface area contributed by atoms with E-state index in [-0.39, 0.29) is 56.0 Å². The molecule has 1 unspecified atom stereocenters. The molecular formula is C42H43ClFN9O5S. The Balaban J connectivity index is 0.935. The first-order valence-corrected chi connectivity index (χ1v) is 20.3. The number of carbonyl (C=O) groups is 5. The zero-order chi connectivity index (χ0) is 48.4. The standard InChI is InChI=1S/C42H43ClFN9O5S/c1-22-23(2)59-42-36(22)37(26-4-6-27(43)7-5-26)45-31(38-48-47-24(3)52(38)42)20-35(55)51-12-10-25(11-13-51)21-49-14-16-50(17-15-49)33-19-29-28(18-30(33)44)40(57)53(41(29)58)32-8-9-34(54)46-39(32)56/h4-7,18-19,25,31-32H,8-17,20-21H2,1-3H3,(H,46,54,56)/t31-,32?/m0/s1/i14D2,15D2,16D2,17D2. The van der Waals surface area contributed by atoms with Gasteiger partial charge >= 0.3 is 0 Å². The van der Waals surface area contributed by atoms with Crippen molar-refractivity contribution in [1.82, 2.24) is 34.8 Å². The van der Waals surface area contributed by atoms with Crippen LogP contribution in [0, 0.1) is 32.5 Å². The Labute approximate surface area is 360 Å². The van der Waals surface area contributed by atoms with E-state index in [2.05, 4.69) is 10.2 Å². The smallest absolute Gasteiger partial charge is 0.262 e. The van der Waals surface area contributed by atoms with Crippen LogP contribution < -0.4 is 10.2 Å². The lowest BCUT2D eigenvalue weighted by Gasteiger charge is -2.39. The minimum absolute atomic E-state index is 0.0158. The molecule has 2 aromatic heterocycles. The fourth-order valence-corrected chi connectivity index (χ4v) is 9.53. The van der Waals surface area contributed by atoms with Crippen molar-refractivity contribution < 1.29 is 39.3 Å². The third-order valence-electron chi connectivity index (χ3n) is 11.5. The molecule has 59 heavy (non-hydrogen) atoms. The molecule has 1 N–H and O–H groups in total. The minimum atomic E-state index is -3.52. The molecule has 7 heterocycles. The van der Waals surface area contributed by atoms with E-state index in [1.807, 2.05) is 42.8 Å². The lowest BCUT2D eigenvalue weighted by atomic mass is 9.95. The molecule has 0 radical (unpaired) electrons. The summed E-state index contributed by atoms with van der Waals surface area (Å²) < 4.78 is 90.3. The quantitative estimate of drug-likeness (QED) is 0.259. The number of fused-ring (bicyclic) bond motifs is 4. The molecule has 17 heteroatoms. The van der Waals surface area contributed by atoms with E-state index in [4.69, 9.17) is 27.6 Å². The summed E-state index contributed by atoms with van der Waals surface area (Å²) in [5.74, 6) is -4.90. The second-order valence-electron chi connectivity index (χ2n) is 15.1. The SMILES string of the molecule is [2H]C1([2H])N(CC2CCN(C(=O)C[C@@H]3N=C(c4ccc(Cl)cc4)c4c(sc(C)c4C)-n4c(C)nnc43)CC2)C([2H])([2H])C([2H])([2H])N(c2cc3c(cc2F)C(=O)N(C2CCC(=O)NC2=O)C3=O)C1([2H])[2H]. The third kappa shape index (κ3) is 7.04. The summed E-state index contributed by atoms with van der Waals surface area (Å²) in [6, 6.07) is 6.33. The summed E-state index contributed by atoms with van der Waals surface area (Å²) in [5, 5.41) is 12.3. The van der Waals surface area contributed by atoms with Gasteiger partial charge in [-0.05, 0) is 75.8 Å². The lowest BCUT2D eigenvalue weighted by Crippen LogP contribution is -2.54. The van der Waals surface area contributed by atoms with Gasteiger partial charge in [-0.25, -0.2) is 4.39 Å². The summed E-state index contributed by atoms with van der Waals surface area (Å²) in [6.45, 7) is -8.04. The van der Waals surface area contributed by atoms with Gasteiger partial charge in [0, 0.05) is 78.6 Å². The Kier molecular flexibility index (Phi) is 7.99. The molecule has 4 aromatic rings. The molecule has 9 rings (SSSR count). The van der Waals surface area contributed by atoms with Crippen molar-refractivity contribution >= 4 is 63.9 Å². The summed E-state index contributed by atoms with van der Waals surface area (Å²) in [4.78, 5) is 74.3. The monoisotopic (exact) mass is 847 g/mol. The molecule has 0 saturated carbocycles. The second kappa shape index (κ2) is 15.4. The van der Waals surface area contributed by atoms with Crippen molar-refractivity contribution in [2.24, 2.45) is 10.9 Å². The zero-order valence-corrected chi connectivity index (χ0v) is 33.7. The Hall–Kier alpha value is -5.32. The van der Waals surface area contributed by atoms with Crippen molar-refractivity contribution in [3.05, 3.63) is 91.6 Å². The van der Waals surface area contributed by atoms with E-state index in [0.717, 1.165) is 26.6 Å². The predicted molar refractivity (Wildman–Crippen MR) is 219 cm³/mol. The number of benzene rings is 2. The fourth-order valence-electron chi connectivity index (χ4n) is 8.19. The number of aromatic nitrogens is 3.